The Morgan fingerprint density at radius 2 is 1.94 bits per heavy atom. The molecule has 2 unspecified atom stereocenters. The highest BCUT2D eigenvalue weighted by molar-refractivity contribution is 4.79. The summed E-state index contributed by atoms with van der Waals surface area (Å²) in [7, 11) is 0. The van der Waals surface area contributed by atoms with Crippen molar-refractivity contribution in [3.63, 3.8) is 0 Å². The Balaban J connectivity index is 2.34. The van der Waals surface area contributed by atoms with Gasteiger partial charge in [-0.25, -0.2) is 0 Å². The summed E-state index contributed by atoms with van der Waals surface area (Å²) in [6.45, 7) is 11.4. The summed E-state index contributed by atoms with van der Waals surface area (Å²) in [6.07, 6.45) is 1.63. The van der Waals surface area contributed by atoms with Crippen molar-refractivity contribution >= 4 is 0 Å². The molecule has 0 aromatic rings. The van der Waals surface area contributed by atoms with Crippen molar-refractivity contribution in [2.24, 2.45) is 5.92 Å². The van der Waals surface area contributed by atoms with Crippen molar-refractivity contribution < 1.29 is 9.84 Å². The Kier molecular flexibility index (Phi) is 5.73. The third kappa shape index (κ3) is 4.40. The minimum atomic E-state index is -0.302. The van der Waals surface area contributed by atoms with Crippen LogP contribution in [0.3, 0.4) is 0 Å². The summed E-state index contributed by atoms with van der Waals surface area (Å²) in [4.78, 5) is 2.38. The summed E-state index contributed by atoms with van der Waals surface area (Å²) in [5.41, 5.74) is 0. The predicted molar refractivity (Wildman–Crippen MR) is 66.5 cm³/mol. The van der Waals surface area contributed by atoms with Gasteiger partial charge >= 0.3 is 0 Å². The molecule has 0 aliphatic carbocycles. The van der Waals surface area contributed by atoms with Crippen LogP contribution in [-0.2, 0) is 4.74 Å². The van der Waals surface area contributed by atoms with Crippen molar-refractivity contribution in [3.05, 3.63) is 0 Å². The van der Waals surface area contributed by atoms with Crippen molar-refractivity contribution in [1.82, 2.24) is 4.90 Å². The molecule has 0 bridgehead atoms. The number of aliphatic hydroxyl groups is 1. The van der Waals surface area contributed by atoms with Crippen LogP contribution < -0.4 is 0 Å². The van der Waals surface area contributed by atoms with E-state index in [2.05, 4.69) is 32.6 Å². The fraction of sp³-hybridized carbons (Fsp3) is 1.00. The summed E-state index contributed by atoms with van der Waals surface area (Å²) in [6, 6.07) is 0.545. The maximum atomic E-state index is 10.1. The maximum absolute atomic E-state index is 10.1. The highest BCUT2D eigenvalue weighted by atomic mass is 16.5. The predicted octanol–water partition coefficient (Wildman–Crippen LogP) is 1.89. The molecule has 2 atom stereocenters. The van der Waals surface area contributed by atoms with Crippen LogP contribution in [0, 0.1) is 5.92 Å². The van der Waals surface area contributed by atoms with E-state index in [1.807, 2.05) is 0 Å². The zero-order valence-corrected chi connectivity index (χ0v) is 11.1. The first-order valence-corrected chi connectivity index (χ1v) is 6.54. The van der Waals surface area contributed by atoms with E-state index in [4.69, 9.17) is 4.74 Å². The fourth-order valence-corrected chi connectivity index (χ4v) is 2.09. The van der Waals surface area contributed by atoms with Gasteiger partial charge in [0.1, 0.15) is 0 Å². The fourth-order valence-electron chi connectivity index (χ4n) is 2.09. The third-order valence-electron chi connectivity index (χ3n) is 3.32. The standard InChI is InChI=1S/C13H27NO2/c1-10(2)5-6-12(15)13-9-14(11(3)4)7-8-16-13/h10-13,15H,5-9H2,1-4H3. The van der Waals surface area contributed by atoms with Crippen LogP contribution in [0.2, 0.25) is 0 Å². The molecular formula is C13H27NO2. The molecule has 3 heteroatoms. The number of nitrogens with zero attached hydrogens (tertiary/aromatic N) is 1. The smallest absolute Gasteiger partial charge is 0.0961 e. The third-order valence-corrected chi connectivity index (χ3v) is 3.32. The topological polar surface area (TPSA) is 32.7 Å². The average Bonchev–Trinajstić information content (AvgIpc) is 2.26. The van der Waals surface area contributed by atoms with Gasteiger partial charge in [-0.05, 0) is 32.6 Å². The quantitative estimate of drug-likeness (QED) is 0.781. The number of hydrogen-bond donors (Lipinski definition) is 1. The lowest BCUT2D eigenvalue weighted by Crippen LogP contribution is -2.50. The van der Waals surface area contributed by atoms with E-state index in [9.17, 15) is 5.11 Å². The number of morpholine rings is 1. The SMILES string of the molecule is CC(C)CCC(O)C1CN(C(C)C)CCO1. The molecule has 0 aromatic heterocycles. The molecule has 0 amide bonds. The number of hydrogen-bond acceptors (Lipinski definition) is 3. The maximum Gasteiger partial charge on any atom is 0.0961 e. The monoisotopic (exact) mass is 229 g/mol. The van der Waals surface area contributed by atoms with E-state index < -0.39 is 0 Å². The van der Waals surface area contributed by atoms with Crippen molar-refractivity contribution in [2.75, 3.05) is 19.7 Å². The van der Waals surface area contributed by atoms with Gasteiger partial charge in [0.2, 0.25) is 0 Å². The van der Waals surface area contributed by atoms with Crippen molar-refractivity contribution in [1.29, 1.82) is 0 Å². The van der Waals surface area contributed by atoms with Crippen LogP contribution in [0.25, 0.3) is 0 Å². The molecule has 0 spiro atoms. The van der Waals surface area contributed by atoms with Gasteiger partial charge in [-0.1, -0.05) is 13.8 Å². The Labute approximate surface area is 99.8 Å². The van der Waals surface area contributed by atoms with Gasteiger partial charge in [0.15, 0.2) is 0 Å². The second-order valence-electron chi connectivity index (χ2n) is 5.54. The lowest BCUT2D eigenvalue weighted by atomic mass is 10.0. The first-order valence-electron chi connectivity index (χ1n) is 6.54. The van der Waals surface area contributed by atoms with Gasteiger partial charge < -0.3 is 9.84 Å². The van der Waals surface area contributed by atoms with Crippen LogP contribution in [0.5, 0.6) is 0 Å². The molecule has 1 aliphatic rings. The van der Waals surface area contributed by atoms with Gasteiger partial charge in [0, 0.05) is 19.1 Å². The summed E-state index contributed by atoms with van der Waals surface area (Å²) < 4.78 is 5.66. The molecule has 1 fully saturated rings. The molecule has 3 nitrogen and oxygen atoms in total. The largest absolute Gasteiger partial charge is 0.390 e. The molecule has 1 heterocycles. The van der Waals surface area contributed by atoms with Crippen LogP contribution in [0.4, 0.5) is 0 Å². The number of ether oxygens (including phenoxy) is 1. The molecule has 96 valence electrons. The normalized spacial score (nSPS) is 25.3. The molecule has 16 heavy (non-hydrogen) atoms. The van der Waals surface area contributed by atoms with E-state index in [1.165, 1.54) is 0 Å². The summed E-state index contributed by atoms with van der Waals surface area (Å²) in [5.74, 6) is 0.652. The zero-order chi connectivity index (χ0) is 12.1. The highest BCUT2D eigenvalue weighted by Gasteiger charge is 2.27. The van der Waals surface area contributed by atoms with Crippen LogP contribution in [0.15, 0.2) is 0 Å². The minimum Gasteiger partial charge on any atom is -0.390 e. The van der Waals surface area contributed by atoms with Gasteiger partial charge in [-0.3, -0.25) is 4.90 Å². The molecule has 0 radical (unpaired) electrons. The molecule has 1 N–H and O–H groups in total. The zero-order valence-electron chi connectivity index (χ0n) is 11.1. The first-order chi connectivity index (χ1) is 7.50. The van der Waals surface area contributed by atoms with E-state index in [0.29, 0.717) is 12.0 Å². The van der Waals surface area contributed by atoms with Crippen molar-refractivity contribution in [2.45, 2.75) is 58.8 Å². The van der Waals surface area contributed by atoms with Crippen LogP contribution in [-0.4, -0.2) is 48.0 Å². The average molecular weight is 229 g/mol. The Bertz CT molecular complexity index is 194. The molecule has 1 aliphatic heterocycles. The van der Waals surface area contributed by atoms with Gasteiger partial charge in [-0.15, -0.1) is 0 Å². The van der Waals surface area contributed by atoms with Crippen LogP contribution in [0.1, 0.15) is 40.5 Å². The molecular weight excluding hydrogens is 202 g/mol. The van der Waals surface area contributed by atoms with Crippen LogP contribution >= 0.6 is 0 Å². The number of rotatable bonds is 5. The number of aliphatic hydroxyl groups excluding tert-OH is 1. The molecule has 1 saturated heterocycles. The van der Waals surface area contributed by atoms with Gasteiger partial charge in [0.25, 0.3) is 0 Å². The Morgan fingerprint density at radius 1 is 1.25 bits per heavy atom. The molecule has 0 saturated carbocycles. The summed E-state index contributed by atoms with van der Waals surface area (Å²) >= 11 is 0. The van der Waals surface area contributed by atoms with E-state index in [-0.39, 0.29) is 12.2 Å². The Morgan fingerprint density at radius 3 is 2.50 bits per heavy atom. The van der Waals surface area contributed by atoms with Gasteiger partial charge in [0.05, 0.1) is 18.8 Å². The molecule has 1 rings (SSSR count). The second-order valence-corrected chi connectivity index (χ2v) is 5.54. The lowest BCUT2D eigenvalue weighted by Gasteiger charge is -2.37. The Hall–Kier alpha value is -0.120. The minimum absolute atomic E-state index is 0.00917. The lowest BCUT2D eigenvalue weighted by molar-refractivity contribution is -0.0973. The molecule has 0 aromatic carbocycles. The van der Waals surface area contributed by atoms with Gasteiger partial charge in [-0.2, -0.15) is 0 Å². The van der Waals surface area contributed by atoms with E-state index in [0.717, 1.165) is 32.5 Å². The van der Waals surface area contributed by atoms with E-state index >= 15 is 0 Å². The highest BCUT2D eigenvalue weighted by Crippen LogP contribution is 2.16. The second kappa shape index (κ2) is 6.58. The first kappa shape index (κ1) is 13.9. The van der Waals surface area contributed by atoms with E-state index in [1.54, 1.807) is 0 Å². The summed E-state index contributed by atoms with van der Waals surface area (Å²) in [5, 5.41) is 10.1. The van der Waals surface area contributed by atoms with Crippen molar-refractivity contribution in [3.8, 4) is 0 Å².